The van der Waals surface area contributed by atoms with Crippen LogP contribution in [0.15, 0.2) is 53.6 Å². The van der Waals surface area contributed by atoms with E-state index in [1.165, 1.54) is 4.68 Å². The second kappa shape index (κ2) is 7.26. The predicted molar refractivity (Wildman–Crippen MR) is 109 cm³/mol. The third-order valence-corrected chi connectivity index (χ3v) is 4.69. The quantitative estimate of drug-likeness (QED) is 0.581. The lowest BCUT2D eigenvalue weighted by atomic mass is 10.2. The van der Waals surface area contributed by atoms with Crippen molar-refractivity contribution in [3.63, 3.8) is 0 Å². The molecule has 4 rings (SSSR count). The monoisotopic (exact) mass is 375 g/mol. The summed E-state index contributed by atoms with van der Waals surface area (Å²) in [6, 6.07) is 11.5. The molecule has 0 saturated carbocycles. The van der Waals surface area contributed by atoms with Crippen LogP contribution in [0.3, 0.4) is 0 Å². The van der Waals surface area contributed by atoms with E-state index in [0.29, 0.717) is 11.3 Å². The zero-order chi connectivity index (χ0) is 19.7. The molecule has 0 aliphatic carbocycles. The Kier molecular flexibility index (Phi) is 4.65. The number of aryl methyl sites for hydroxylation is 2. The molecule has 0 radical (unpaired) electrons. The lowest BCUT2D eigenvalue weighted by molar-refractivity contribution is -0.117. The molecule has 0 aliphatic heterocycles. The fourth-order valence-corrected chi connectivity index (χ4v) is 3.42. The molecule has 7 heteroatoms. The maximum Gasteiger partial charge on any atom is 0.291 e. The zero-order valence-electron chi connectivity index (χ0n) is 15.8. The zero-order valence-corrected chi connectivity index (χ0v) is 15.8. The number of hydrogen-bond donors (Lipinski definition) is 1. The number of anilines is 1. The van der Waals surface area contributed by atoms with Crippen LogP contribution in [0.4, 0.5) is 5.82 Å². The summed E-state index contributed by atoms with van der Waals surface area (Å²) in [5.74, 6) is 0.105. The number of pyridine rings is 1. The molecule has 4 aromatic rings. The summed E-state index contributed by atoms with van der Waals surface area (Å²) >= 11 is 0. The average molecular weight is 375 g/mol. The highest BCUT2D eigenvalue weighted by Crippen LogP contribution is 2.26. The van der Waals surface area contributed by atoms with Gasteiger partial charge in [0.15, 0.2) is 0 Å². The molecule has 1 N–H and O–H groups in total. The van der Waals surface area contributed by atoms with Crippen LogP contribution in [0, 0.1) is 6.92 Å². The molecular formula is C21H21N5O2. The van der Waals surface area contributed by atoms with Crippen molar-refractivity contribution in [2.45, 2.75) is 33.4 Å². The molecule has 3 aromatic heterocycles. The lowest BCUT2D eigenvalue weighted by Gasteiger charge is -2.08. The lowest BCUT2D eigenvalue weighted by Crippen LogP contribution is -2.30. The SMILES string of the molecule is CCCn1c2ccccc2c2cnn(CC(=O)Nc3ccc(C)cn3)c(=O)c21. The first-order valence-electron chi connectivity index (χ1n) is 9.28. The van der Waals surface area contributed by atoms with E-state index < -0.39 is 0 Å². The summed E-state index contributed by atoms with van der Waals surface area (Å²) in [5, 5.41) is 8.75. The second-order valence-electron chi connectivity index (χ2n) is 6.81. The Morgan fingerprint density at radius 1 is 1.11 bits per heavy atom. The van der Waals surface area contributed by atoms with Gasteiger partial charge in [-0.25, -0.2) is 9.67 Å². The third kappa shape index (κ3) is 3.15. The van der Waals surface area contributed by atoms with Crippen molar-refractivity contribution in [3.05, 3.63) is 64.7 Å². The summed E-state index contributed by atoms with van der Waals surface area (Å²) in [6.45, 7) is 4.55. The normalized spacial score (nSPS) is 11.2. The third-order valence-electron chi connectivity index (χ3n) is 4.69. The van der Waals surface area contributed by atoms with E-state index >= 15 is 0 Å². The van der Waals surface area contributed by atoms with Crippen molar-refractivity contribution >= 4 is 33.5 Å². The molecule has 0 bridgehead atoms. The van der Waals surface area contributed by atoms with E-state index in [1.807, 2.05) is 41.8 Å². The highest BCUT2D eigenvalue weighted by molar-refractivity contribution is 6.07. The summed E-state index contributed by atoms with van der Waals surface area (Å²) in [4.78, 5) is 29.6. The first-order chi connectivity index (χ1) is 13.6. The van der Waals surface area contributed by atoms with Gasteiger partial charge in [-0.1, -0.05) is 31.2 Å². The van der Waals surface area contributed by atoms with E-state index in [0.717, 1.165) is 34.8 Å². The Labute approximate surface area is 161 Å². The van der Waals surface area contributed by atoms with Crippen LogP contribution in [-0.2, 0) is 17.9 Å². The topological polar surface area (TPSA) is 81.8 Å². The fourth-order valence-electron chi connectivity index (χ4n) is 3.42. The Morgan fingerprint density at radius 2 is 1.93 bits per heavy atom. The summed E-state index contributed by atoms with van der Waals surface area (Å²) in [6.07, 6.45) is 4.24. The standard InChI is InChI=1S/C21H21N5O2/c1-3-10-25-17-7-5-4-6-15(17)16-12-23-26(21(28)20(16)25)13-19(27)24-18-9-8-14(2)11-22-18/h4-9,11-12H,3,10,13H2,1-2H3,(H,22,24,27). The number of nitrogens with one attached hydrogen (secondary N) is 1. The van der Waals surface area contributed by atoms with Crippen molar-refractivity contribution in [2.75, 3.05) is 5.32 Å². The van der Waals surface area contributed by atoms with Crippen molar-refractivity contribution < 1.29 is 4.79 Å². The number of fused-ring (bicyclic) bond motifs is 3. The average Bonchev–Trinajstić information content (AvgIpc) is 3.01. The molecule has 7 nitrogen and oxygen atoms in total. The van der Waals surface area contributed by atoms with Crippen LogP contribution in [-0.4, -0.2) is 25.2 Å². The largest absolute Gasteiger partial charge is 0.336 e. The molecule has 28 heavy (non-hydrogen) atoms. The minimum Gasteiger partial charge on any atom is -0.336 e. The molecule has 0 aliphatic rings. The highest BCUT2D eigenvalue weighted by Gasteiger charge is 2.16. The maximum absolute atomic E-state index is 13.1. The second-order valence-corrected chi connectivity index (χ2v) is 6.81. The number of nitrogens with zero attached hydrogens (tertiary/aromatic N) is 4. The van der Waals surface area contributed by atoms with Gasteiger partial charge in [-0.2, -0.15) is 5.10 Å². The fraction of sp³-hybridized carbons (Fsp3) is 0.238. The van der Waals surface area contributed by atoms with E-state index in [-0.39, 0.29) is 18.0 Å². The molecule has 1 amide bonds. The molecule has 142 valence electrons. The van der Waals surface area contributed by atoms with Crippen LogP contribution < -0.4 is 10.9 Å². The summed E-state index contributed by atoms with van der Waals surface area (Å²) < 4.78 is 3.22. The maximum atomic E-state index is 13.1. The van der Waals surface area contributed by atoms with Crippen molar-refractivity contribution in [2.24, 2.45) is 0 Å². The Bertz CT molecular complexity index is 1220. The summed E-state index contributed by atoms with van der Waals surface area (Å²) in [7, 11) is 0. The smallest absolute Gasteiger partial charge is 0.291 e. The van der Waals surface area contributed by atoms with Gasteiger partial charge in [0.05, 0.1) is 6.20 Å². The van der Waals surface area contributed by atoms with Crippen LogP contribution in [0.5, 0.6) is 0 Å². The minimum atomic E-state index is -0.344. The molecule has 0 atom stereocenters. The predicted octanol–water partition coefficient (Wildman–Crippen LogP) is 3.10. The molecule has 0 unspecified atom stereocenters. The number of benzene rings is 1. The molecule has 3 heterocycles. The number of para-hydroxylation sites is 1. The van der Waals surface area contributed by atoms with E-state index in [4.69, 9.17) is 0 Å². The number of aromatic nitrogens is 4. The molecule has 0 fully saturated rings. The minimum absolute atomic E-state index is 0.169. The highest BCUT2D eigenvalue weighted by atomic mass is 16.2. The van der Waals surface area contributed by atoms with Crippen LogP contribution in [0.2, 0.25) is 0 Å². The number of amides is 1. The van der Waals surface area contributed by atoms with Crippen molar-refractivity contribution in [1.82, 2.24) is 19.3 Å². The van der Waals surface area contributed by atoms with Gasteiger partial charge in [0.25, 0.3) is 5.56 Å². The van der Waals surface area contributed by atoms with Gasteiger partial charge >= 0.3 is 0 Å². The van der Waals surface area contributed by atoms with Gasteiger partial charge < -0.3 is 9.88 Å². The van der Waals surface area contributed by atoms with Gasteiger partial charge in [0.2, 0.25) is 5.91 Å². The van der Waals surface area contributed by atoms with E-state index in [1.54, 1.807) is 18.5 Å². The number of carbonyl (C=O) groups excluding carboxylic acids is 1. The van der Waals surface area contributed by atoms with Crippen LogP contribution in [0.1, 0.15) is 18.9 Å². The van der Waals surface area contributed by atoms with Crippen molar-refractivity contribution in [3.8, 4) is 0 Å². The first-order valence-corrected chi connectivity index (χ1v) is 9.28. The Balaban J connectivity index is 1.72. The van der Waals surface area contributed by atoms with Gasteiger partial charge in [-0.3, -0.25) is 9.59 Å². The van der Waals surface area contributed by atoms with E-state index in [2.05, 4.69) is 22.3 Å². The van der Waals surface area contributed by atoms with Crippen LogP contribution >= 0.6 is 0 Å². The Morgan fingerprint density at radius 3 is 2.68 bits per heavy atom. The molecule has 0 spiro atoms. The van der Waals surface area contributed by atoms with Gasteiger partial charge in [0.1, 0.15) is 17.9 Å². The number of carbonyl (C=O) groups is 1. The molecular weight excluding hydrogens is 354 g/mol. The van der Waals surface area contributed by atoms with Crippen molar-refractivity contribution in [1.29, 1.82) is 0 Å². The van der Waals surface area contributed by atoms with Gasteiger partial charge in [-0.05, 0) is 31.0 Å². The van der Waals surface area contributed by atoms with Crippen LogP contribution in [0.25, 0.3) is 21.8 Å². The Hall–Kier alpha value is -3.48. The van der Waals surface area contributed by atoms with Gasteiger partial charge in [-0.15, -0.1) is 0 Å². The molecule has 0 saturated heterocycles. The molecule has 1 aromatic carbocycles. The van der Waals surface area contributed by atoms with Gasteiger partial charge in [0, 0.05) is 29.0 Å². The number of rotatable bonds is 5. The van der Waals surface area contributed by atoms with E-state index in [9.17, 15) is 9.59 Å². The summed E-state index contributed by atoms with van der Waals surface area (Å²) in [5.41, 5.74) is 2.32. The first kappa shape index (κ1) is 17.9. The number of hydrogen-bond acceptors (Lipinski definition) is 4.